The van der Waals surface area contributed by atoms with Gasteiger partial charge in [-0.25, -0.2) is 8.78 Å². The zero-order valence-corrected chi connectivity index (χ0v) is 13.5. The fraction of sp³-hybridized carbons (Fsp3) is 0.647. The number of nitrogens with zero attached hydrogens (tertiary/aromatic N) is 1. The van der Waals surface area contributed by atoms with Crippen molar-refractivity contribution in [3.8, 4) is 0 Å². The molecule has 2 saturated heterocycles. The molecule has 1 aromatic carbocycles. The number of benzene rings is 1. The van der Waals surface area contributed by atoms with Crippen molar-refractivity contribution in [3.05, 3.63) is 35.4 Å². The molecule has 2 nitrogen and oxygen atoms in total. The molecule has 122 valence electrons. The number of thioether (sulfide) groups is 1. The number of β-amino-alcohol motifs (C(OH)–C–C–N with tert-alkyl or cyclic N) is 1. The number of piperidine rings is 1. The molecule has 1 unspecified atom stereocenters. The Morgan fingerprint density at radius 3 is 2.73 bits per heavy atom. The standard InChI is InChI=1S/C17H23F2NOS/c18-15-4-3-13(10-16(15)19)14-2-1-7-20(11-14)12-17(21)5-8-22-9-6-17/h3-4,10,14,21H,1-2,5-9,11-12H2. The van der Waals surface area contributed by atoms with Crippen molar-refractivity contribution in [2.45, 2.75) is 37.2 Å². The molecule has 1 aromatic rings. The van der Waals surface area contributed by atoms with Crippen molar-refractivity contribution < 1.29 is 13.9 Å². The molecule has 0 aliphatic carbocycles. The van der Waals surface area contributed by atoms with Crippen molar-refractivity contribution in [1.29, 1.82) is 0 Å². The van der Waals surface area contributed by atoms with E-state index in [0.717, 1.165) is 55.8 Å². The Morgan fingerprint density at radius 1 is 1.23 bits per heavy atom. The second kappa shape index (κ2) is 6.85. The molecule has 0 saturated carbocycles. The summed E-state index contributed by atoms with van der Waals surface area (Å²) in [6.07, 6.45) is 3.73. The van der Waals surface area contributed by atoms with E-state index in [2.05, 4.69) is 4.90 Å². The summed E-state index contributed by atoms with van der Waals surface area (Å²) in [5, 5.41) is 10.7. The molecule has 0 aromatic heterocycles. The lowest BCUT2D eigenvalue weighted by Crippen LogP contribution is -2.48. The van der Waals surface area contributed by atoms with E-state index >= 15 is 0 Å². The minimum Gasteiger partial charge on any atom is -0.388 e. The highest BCUT2D eigenvalue weighted by Crippen LogP contribution is 2.32. The van der Waals surface area contributed by atoms with E-state index in [1.54, 1.807) is 6.07 Å². The number of halogens is 2. The second-order valence-electron chi connectivity index (χ2n) is 6.58. The van der Waals surface area contributed by atoms with Crippen LogP contribution in [0.25, 0.3) is 0 Å². The molecule has 0 bridgehead atoms. The topological polar surface area (TPSA) is 23.5 Å². The molecule has 2 fully saturated rings. The van der Waals surface area contributed by atoms with Crippen molar-refractivity contribution in [2.75, 3.05) is 31.1 Å². The van der Waals surface area contributed by atoms with Gasteiger partial charge in [-0.2, -0.15) is 11.8 Å². The summed E-state index contributed by atoms with van der Waals surface area (Å²) in [6.45, 7) is 2.50. The zero-order valence-electron chi connectivity index (χ0n) is 12.7. The summed E-state index contributed by atoms with van der Waals surface area (Å²) in [7, 11) is 0. The second-order valence-corrected chi connectivity index (χ2v) is 7.81. The summed E-state index contributed by atoms with van der Waals surface area (Å²) in [5.41, 5.74) is 0.302. The van der Waals surface area contributed by atoms with E-state index in [0.29, 0.717) is 6.54 Å². The van der Waals surface area contributed by atoms with Crippen LogP contribution in [0.3, 0.4) is 0 Å². The Morgan fingerprint density at radius 2 is 2.00 bits per heavy atom. The van der Waals surface area contributed by atoms with Gasteiger partial charge in [0, 0.05) is 13.1 Å². The molecule has 0 spiro atoms. The average Bonchev–Trinajstić information content (AvgIpc) is 2.50. The van der Waals surface area contributed by atoms with Crippen LogP contribution in [-0.2, 0) is 0 Å². The van der Waals surface area contributed by atoms with Gasteiger partial charge in [0.2, 0.25) is 0 Å². The van der Waals surface area contributed by atoms with Crippen LogP contribution in [0.2, 0.25) is 0 Å². The van der Waals surface area contributed by atoms with Crippen molar-refractivity contribution >= 4 is 11.8 Å². The van der Waals surface area contributed by atoms with Gasteiger partial charge in [0.15, 0.2) is 11.6 Å². The molecule has 2 aliphatic heterocycles. The van der Waals surface area contributed by atoms with Crippen LogP contribution in [0, 0.1) is 11.6 Å². The first-order valence-corrected chi connectivity index (χ1v) is 9.19. The van der Waals surface area contributed by atoms with Gasteiger partial charge in [-0.05, 0) is 67.3 Å². The first-order valence-electron chi connectivity index (χ1n) is 8.03. The van der Waals surface area contributed by atoms with Gasteiger partial charge in [0.25, 0.3) is 0 Å². The maximum Gasteiger partial charge on any atom is 0.159 e. The van der Waals surface area contributed by atoms with Gasteiger partial charge < -0.3 is 5.11 Å². The predicted octanol–water partition coefficient (Wildman–Crippen LogP) is 3.40. The Kier molecular flexibility index (Phi) is 5.05. The molecule has 2 heterocycles. The van der Waals surface area contributed by atoms with Crippen LogP contribution < -0.4 is 0 Å². The number of aliphatic hydroxyl groups is 1. The number of rotatable bonds is 3. The summed E-state index contributed by atoms with van der Waals surface area (Å²) >= 11 is 1.90. The SMILES string of the molecule is OC1(CN2CCCC(c3ccc(F)c(F)c3)C2)CCSCC1. The van der Waals surface area contributed by atoms with Gasteiger partial charge in [-0.15, -0.1) is 0 Å². The smallest absolute Gasteiger partial charge is 0.159 e. The van der Waals surface area contributed by atoms with E-state index in [4.69, 9.17) is 0 Å². The maximum atomic E-state index is 13.4. The van der Waals surface area contributed by atoms with Crippen LogP contribution in [0.15, 0.2) is 18.2 Å². The Balaban J connectivity index is 1.64. The number of hydrogen-bond acceptors (Lipinski definition) is 3. The van der Waals surface area contributed by atoms with E-state index < -0.39 is 17.2 Å². The zero-order chi connectivity index (χ0) is 15.6. The lowest BCUT2D eigenvalue weighted by molar-refractivity contribution is -0.0100. The fourth-order valence-corrected chi connectivity index (χ4v) is 4.82. The third-order valence-electron chi connectivity index (χ3n) is 4.86. The number of likely N-dealkylation sites (tertiary alicyclic amines) is 1. The van der Waals surface area contributed by atoms with Crippen LogP contribution in [0.4, 0.5) is 8.78 Å². The molecular formula is C17H23F2NOS. The summed E-state index contributed by atoms with van der Waals surface area (Å²) in [5.74, 6) is 0.724. The van der Waals surface area contributed by atoms with E-state index in [9.17, 15) is 13.9 Å². The first-order chi connectivity index (χ1) is 10.6. The fourth-order valence-electron chi connectivity index (χ4n) is 3.56. The van der Waals surface area contributed by atoms with E-state index in [-0.39, 0.29) is 5.92 Å². The molecule has 5 heteroatoms. The lowest BCUT2D eigenvalue weighted by atomic mass is 9.88. The molecule has 1 atom stereocenters. The van der Waals surface area contributed by atoms with E-state index in [1.165, 1.54) is 12.1 Å². The lowest BCUT2D eigenvalue weighted by Gasteiger charge is -2.40. The normalized spacial score (nSPS) is 26.0. The molecule has 3 rings (SSSR count). The predicted molar refractivity (Wildman–Crippen MR) is 86.3 cm³/mol. The summed E-state index contributed by atoms with van der Waals surface area (Å²) in [4.78, 5) is 2.30. The molecule has 0 amide bonds. The highest BCUT2D eigenvalue weighted by atomic mass is 32.2. The highest BCUT2D eigenvalue weighted by molar-refractivity contribution is 7.99. The molecule has 1 N–H and O–H groups in total. The van der Waals surface area contributed by atoms with Crippen molar-refractivity contribution in [1.82, 2.24) is 4.90 Å². The summed E-state index contributed by atoms with van der Waals surface area (Å²) < 4.78 is 26.5. The Hall–Kier alpha value is -0.650. The quantitative estimate of drug-likeness (QED) is 0.920. The molecular weight excluding hydrogens is 304 g/mol. The van der Waals surface area contributed by atoms with Crippen LogP contribution in [0.1, 0.15) is 37.2 Å². The van der Waals surface area contributed by atoms with Crippen molar-refractivity contribution in [3.63, 3.8) is 0 Å². The monoisotopic (exact) mass is 327 g/mol. The third-order valence-corrected chi connectivity index (χ3v) is 5.85. The maximum absolute atomic E-state index is 13.4. The first kappa shape index (κ1) is 16.2. The van der Waals surface area contributed by atoms with Gasteiger partial charge in [0.05, 0.1) is 5.60 Å². The molecule has 2 aliphatic rings. The minimum absolute atomic E-state index is 0.227. The van der Waals surface area contributed by atoms with Gasteiger partial charge >= 0.3 is 0 Å². The largest absolute Gasteiger partial charge is 0.388 e. The van der Waals surface area contributed by atoms with E-state index in [1.807, 2.05) is 11.8 Å². The van der Waals surface area contributed by atoms with Crippen LogP contribution in [0.5, 0.6) is 0 Å². The molecule has 0 radical (unpaired) electrons. The third kappa shape index (κ3) is 3.81. The average molecular weight is 327 g/mol. The van der Waals surface area contributed by atoms with Gasteiger partial charge in [-0.1, -0.05) is 6.07 Å². The minimum atomic E-state index is -0.787. The van der Waals surface area contributed by atoms with Crippen LogP contribution >= 0.6 is 11.8 Å². The van der Waals surface area contributed by atoms with Gasteiger partial charge in [-0.3, -0.25) is 4.90 Å². The Labute approximate surface area is 134 Å². The molecule has 22 heavy (non-hydrogen) atoms. The number of hydrogen-bond donors (Lipinski definition) is 1. The van der Waals surface area contributed by atoms with Gasteiger partial charge in [0.1, 0.15) is 0 Å². The van der Waals surface area contributed by atoms with Crippen molar-refractivity contribution in [2.24, 2.45) is 0 Å². The highest BCUT2D eigenvalue weighted by Gasteiger charge is 2.33. The van der Waals surface area contributed by atoms with Crippen LogP contribution in [-0.4, -0.2) is 46.7 Å². The summed E-state index contributed by atoms with van der Waals surface area (Å²) in [6, 6.07) is 4.24. The Bertz CT molecular complexity index is 519.